The molecule has 4 nitrogen and oxygen atoms in total. The Morgan fingerprint density at radius 1 is 1.44 bits per heavy atom. The first-order valence-corrected chi connectivity index (χ1v) is 7.09. The van der Waals surface area contributed by atoms with Crippen LogP contribution in [-0.2, 0) is 11.3 Å². The summed E-state index contributed by atoms with van der Waals surface area (Å²) in [6.45, 7) is 1.18. The van der Waals surface area contributed by atoms with Gasteiger partial charge in [0.1, 0.15) is 5.75 Å². The van der Waals surface area contributed by atoms with Gasteiger partial charge in [-0.25, -0.2) is 0 Å². The van der Waals surface area contributed by atoms with Gasteiger partial charge in [0.05, 0.1) is 12.9 Å². The fraction of sp³-hybridized carbons (Fsp3) is 0.462. The number of thioether (sulfide) groups is 1. The predicted molar refractivity (Wildman–Crippen MR) is 75.8 cm³/mol. The average molecular weight is 268 g/mol. The van der Waals surface area contributed by atoms with Crippen molar-refractivity contribution in [3.05, 3.63) is 29.8 Å². The molecule has 1 aromatic rings. The van der Waals surface area contributed by atoms with E-state index in [0.29, 0.717) is 18.8 Å². The molecule has 0 heterocycles. The average Bonchev–Trinajstić information content (AvgIpc) is 2.41. The van der Waals surface area contributed by atoms with Gasteiger partial charge in [-0.1, -0.05) is 18.2 Å². The number of ether oxygens (including phenoxy) is 1. The van der Waals surface area contributed by atoms with Crippen molar-refractivity contribution >= 4 is 17.7 Å². The third-order valence-electron chi connectivity index (χ3n) is 2.39. The van der Waals surface area contributed by atoms with E-state index in [4.69, 9.17) is 10.5 Å². The number of hydrogen-bond donors (Lipinski definition) is 2. The minimum absolute atomic E-state index is 0.0444. The smallest absolute Gasteiger partial charge is 0.230 e. The molecule has 0 aliphatic rings. The molecule has 0 saturated carbocycles. The standard InChI is InChI=1S/C13H20N2O2S/c1-17-12-6-3-2-5-11(12)9-15-13(16)10-18-8-4-7-14/h2-3,5-6H,4,7-10,14H2,1H3,(H,15,16). The minimum atomic E-state index is 0.0444. The maximum Gasteiger partial charge on any atom is 0.230 e. The van der Waals surface area contributed by atoms with Gasteiger partial charge in [-0.2, -0.15) is 11.8 Å². The Hall–Kier alpha value is -1.20. The molecular formula is C13H20N2O2S. The highest BCUT2D eigenvalue weighted by molar-refractivity contribution is 7.99. The van der Waals surface area contributed by atoms with Crippen molar-refractivity contribution < 1.29 is 9.53 Å². The van der Waals surface area contributed by atoms with Gasteiger partial charge in [0, 0.05) is 12.1 Å². The van der Waals surface area contributed by atoms with Gasteiger partial charge >= 0.3 is 0 Å². The number of para-hydroxylation sites is 1. The van der Waals surface area contributed by atoms with Gasteiger partial charge in [0.2, 0.25) is 5.91 Å². The van der Waals surface area contributed by atoms with Crippen LogP contribution in [0.15, 0.2) is 24.3 Å². The molecule has 0 aliphatic heterocycles. The van der Waals surface area contributed by atoms with Crippen LogP contribution >= 0.6 is 11.8 Å². The highest BCUT2D eigenvalue weighted by Gasteiger charge is 2.04. The predicted octanol–water partition coefficient (Wildman–Crippen LogP) is 1.39. The second-order valence-electron chi connectivity index (χ2n) is 3.78. The molecule has 3 N–H and O–H groups in total. The Morgan fingerprint density at radius 2 is 2.22 bits per heavy atom. The van der Waals surface area contributed by atoms with Crippen LogP contribution in [0.3, 0.4) is 0 Å². The van der Waals surface area contributed by atoms with Crippen LogP contribution in [0.5, 0.6) is 5.75 Å². The Balaban J connectivity index is 2.29. The third-order valence-corrected chi connectivity index (χ3v) is 3.44. The Kier molecular flexibility index (Phi) is 7.29. The zero-order valence-corrected chi connectivity index (χ0v) is 11.5. The van der Waals surface area contributed by atoms with Crippen molar-refractivity contribution in [2.24, 2.45) is 5.73 Å². The van der Waals surface area contributed by atoms with Crippen molar-refractivity contribution in [1.29, 1.82) is 0 Å². The van der Waals surface area contributed by atoms with E-state index in [9.17, 15) is 4.79 Å². The molecule has 1 amide bonds. The van der Waals surface area contributed by atoms with E-state index in [1.165, 1.54) is 0 Å². The van der Waals surface area contributed by atoms with E-state index in [0.717, 1.165) is 23.5 Å². The summed E-state index contributed by atoms with van der Waals surface area (Å²) in [6, 6.07) is 7.67. The normalized spacial score (nSPS) is 10.1. The molecule has 0 saturated heterocycles. The van der Waals surface area contributed by atoms with Gasteiger partial charge in [-0.05, 0) is 24.8 Å². The first-order chi connectivity index (χ1) is 8.77. The molecule has 0 spiro atoms. The van der Waals surface area contributed by atoms with Gasteiger partial charge in [0.25, 0.3) is 0 Å². The molecule has 1 rings (SSSR count). The van der Waals surface area contributed by atoms with E-state index in [1.807, 2.05) is 24.3 Å². The van der Waals surface area contributed by atoms with Crippen molar-refractivity contribution in [3.8, 4) is 5.75 Å². The summed E-state index contributed by atoms with van der Waals surface area (Å²) < 4.78 is 5.22. The fourth-order valence-electron chi connectivity index (χ4n) is 1.44. The van der Waals surface area contributed by atoms with Crippen LogP contribution in [0, 0.1) is 0 Å². The highest BCUT2D eigenvalue weighted by Crippen LogP contribution is 2.16. The van der Waals surface area contributed by atoms with E-state index >= 15 is 0 Å². The number of rotatable bonds is 8. The summed E-state index contributed by atoms with van der Waals surface area (Å²) in [5.41, 5.74) is 6.37. The number of methoxy groups -OCH3 is 1. The van der Waals surface area contributed by atoms with Crippen LogP contribution in [-0.4, -0.2) is 31.1 Å². The Bertz CT molecular complexity index is 372. The highest BCUT2D eigenvalue weighted by atomic mass is 32.2. The molecule has 0 aliphatic carbocycles. The number of amides is 1. The number of carbonyl (C=O) groups is 1. The van der Waals surface area contributed by atoms with E-state index < -0.39 is 0 Å². The fourth-order valence-corrected chi connectivity index (χ4v) is 2.25. The summed E-state index contributed by atoms with van der Waals surface area (Å²) in [4.78, 5) is 11.6. The number of hydrogen-bond acceptors (Lipinski definition) is 4. The molecular weight excluding hydrogens is 248 g/mol. The SMILES string of the molecule is COc1ccccc1CNC(=O)CSCCCN. The molecule has 5 heteroatoms. The molecule has 0 aromatic heterocycles. The van der Waals surface area contributed by atoms with Crippen LogP contribution in [0.4, 0.5) is 0 Å². The van der Waals surface area contributed by atoms with Crippen LogP contribution in [0.25, 0.3) is 0 Å². The molecule has 18 heavy (non-hydrogen) atoms. The quantitative estimate of drug-likeness (QED) is 0.699. The monoisotopic (exact) mass is 268 g/mol. The van der Waals surface area contributed by atoms with Crippen LogP contribution in [0.1, 0.15) is 12.0 Å². The second-order valence-corrected chi connectivity index (χ2v) is 4.89. The number of nitrogens with two attached hydrogens (primary N) is 1. The van der Waals surface area contributed by atoms with Crippen molar-refractivity contribution in [2.45, 2.75) is 13.0 Å². The summed E-state index contributed by atoms with van der Waals surface area (Å²) in [5.74, 6) is 2.25. The van der Waals surface area contributed by atoms with Crippen molar-refractivity contribution in [2.75, 3.05) is 25.2 Å². The Labute approximate surface area is 112 Å². The molecule has 0 bridgehead atoms. The van der Waals surface area contributed by atoms with Gasteiger partial charge in [0.15, 0.2) is 0 Å². The van der Waals surface area contributed by atoms with Crippen LogP contribution < -0.4 is 15.8 Å². The molecule has 0 radical (unpaired) electrons. The van der Waals surface area contributed by atoms with Gasteiger partial charge < -0.3 is 15.8 Å². The lowest BCUT2D eigenvalue weighted by Gasteiger charge is -2.09. The number of nitrogens with one attached hydrogen (secondary N) is 1. The maximum absolute atomic E-state index is 11.6. The first-order valence-electron chi connectivity index (χ1n) is 5.94. The molecule has 1 aromatic carbocycles. The topological polar surface area (TPSA) is 64.3 Å². The van der Waals surface area contributed by atoms with E-state index in [-0.39, 0.29) is 5.91 Å². The maximum atomic E-state index is 11.6. The van der Waals surface area contributed by atoms with Crippen molar-refractivity contribution in [1.82, 2.24) is 5.32 Å². The minimum Gasteiger partial charge on any atom is -0.496 e. The summed E-state index contributed by atoms with van der Waals surface area (Å²) >= 11 is 1.61. The Morgan fingerprint density at radius 3 is 2.94 bits per heavy atom. The van der Waals surface area contributed by atoms with E-state index in [1.54, 1.807) is 18.9 Å². The lowest BCUT2D eigenvalue weighted by atomic mass is 10.2. The summed E-state index contributed by atoms with van der Waals surface area (Å²) in [6.07, 6.45) is 0.949. The molecule has 0 atom stereocenters. The van der Waals surface area contributed by atoms with Crippen LogP contribution in [0.2, 0.25) is 0 Å². The number of benzene rings is 1. The zero-order valence-electron chi connectivity index (χ0n) is 10.6. The molecule has 100 valence electrons. The number of carbonyl (C=O) groups excluding carboxylic acids is 1. The third kappa shape index (κ3) is 5.42. The zero-order chi connectivity index (χ0) is 13.2. The summed E-state index contributed by atoms with van der Waals surface area (Å²) in [5, 5.41) is 2.88. The van der Waals surface area contributed by atoms with E-state index in [2.05, 4.69) is 5.32 Å². The van der Waals surface area contributed by atoms with Crippen molar-refractivity contribution in [3.63, 3.8) is 0 Å². The largest absolute Gasteiger partial charge is 0.496 e. The molecule has 0 fully saturated rings. The van der Waals surface area contributed by atoms with Gasteiger partial charge in [-0.15, -0.1) is 0 Å². The first kappa shape index (κ1) is 14.9. The van der Waals surface area contributed by atoms with Gasteiger partial charge in [-0.3, -0.25) is 4.79 Å². The lowest BCUT2D eigenvalue weighted by Crippen LogP contribution is -2.25. The lowest BCUT2D eigenvalue weighted by molar-refractivity contribution is -0.118. The summed E-state index contributed by atoms with van der Waals surface area (Å²) in [7, 11) is 1.63. The second kappa shape index (κ2) is 8.83. The molecule has 0 unspecified atom stereocenters.